The monoisotopic (exact) mass is 268 g/mol. The molecule has 3 heteroatoms. The highest BCUT2D eigenvalue weighted by molar-refractivity contribution is 5.82. The van der Waals surface area contributed by atoms with E-state index in [9.17, 15) is 4.79 Å². The molecule has 0 saturated carbocycles. The quantitative estimate of drug-likeness (QED) is 0.805. The molecule has 1 heterocycles. The Morgan fingerprint density at radius 3 is 2.42 bits per heavy atom. The number of hydrogen-bond acceptors (Lipinski definition) is 2. The van der Waals surface area contributed by atoms with Gasteiger partial charge in [-0.2, -0.15) is 0 Å². The fourth-order valence-electron chi connectivity index (χ4n) is 2.39. The van der Waals surface area contributed by atoms with Crippen LogP contribution in [-0.2, 0) is 4.79 Å². The molecule has 0 spiro atoms. The molecule has 1 aliphatic rings. The Balaban J connectivity index is 2.56. The molecule has 1 saturated heterocycles. The largest absolute Gasteiger partial charge is 0.355 e. The Labute approximate surface area is 118 Å². The molecule has 112 valence electrons. The van der Waals surface area contributed by atoms with Crippen molar-refractivity contribution in [2.24, 2.45) is 22.7 Å². The average Bonchev–Trinajstić information content (AvgIpc) is 2.36. The number of hydrogen-bond donors (Lipinski definition) is 2. The number of amides is 1. The number of carbonyl (C=O) groups excluding carboxylic acids is 1. The van der Waals surface area contributed by atoms with Crippen molar-refractivity contribution in [2.45, 2.75) is 54.4 Å². The summed E-state index contributed by atoms with van der Waals surface area (Å²) in [6, 6.07) is 0. The van der Waals surface area contributed by atoms with Crippen LogP contribution in [0.25, 0.3) is 0 Å². The zero-order valence-corrected chi connectivity index (χ0v) is 13.6. The van der Waals surface area contributed by atoms with Crippen molar-refractivity contribution in [1.82, 2.24) is 10.6 Å². The zero-order valence-electron chi connectivity index (χ0n) is 13.6. The van der Waals surface area contributed by atoms with E-state index in [2.05, 4.69) is 52.2 Å². The number of rotatable bonds is 5. The Hall–Kier alpha value is -0.570. The van der Waals surface area contributed by atoms with E-state index in [1.165, 1.54) is 6.42 Å². The first-order valence-corrected chi connectivity index (χ1v) is 7.67. The lowest BCUT2D eigenvalue weighted by molar-refractivity contribution is -0.133. The predicted molar refractivity (Wildman–Crippen MR) is 81.0 cm³/mol. The zero-order chi connectivity index (χ0) is 14.7. The van der Waals surface area contributed by atoms with Crippen LogP contribution < -0.4 is 10.6 Å². The summed E-state index contributed by atoms with van der Waals surface area (Å²) in [5.41, 5.74) is -0.128. The van der Waals surface area contributed by atoms with Gasteiger partial charge in [-0.25, -0.2) is 0 Å². The van der Waals surface area contributed by atoms with E-state index in [0.717, 1.165) is 26.1 Å². The first-order valence-electron chi connectivity index (χ1n) is 7.67. The van der Waals surface area contributed by atoms with E-state index in [-0.39, 0.29) is 16.7 Å². The highest BCUT2D eigenvalue weighted by atomic mass is 16.2. The van der Waals surface area contributed by atoms with Crippen molar-refractivity contribution < 1.29 is 4.79 Å². The van der Waals surface area contributed by atoms with Crippen LogP contribution in [0.3, 0.4) is 0 Å². The Kier molecular flexibility index (Phi) is 5.43. The third-order valence-corrected chi connectivity index (χ3v) is 5.17. The minimum atomic E-state index is -0.277. The molecule has 0 aromatic carbocycles. The molecule has 0 aromatic heterocycles. The molecular formula is C16H32N2O. The summed E-state index contributed by atoms with van der Waals surface area (Å²) >= 11 is 0. The van der Waals surface area contributed by atoms with Crippen molar-refractivity contribution in [1.29, 1.82) is 0 Å². The Morgan fingerprint density at radius 2 is 1.95 bits per heavy atom. The maximum Gasteiger partial charge on any atom is 0.226 e. The van der Waals surface area contributed by atoms with E-state index in [0.29, 0.717) is 11.8 Å². The van der Waals surface area contributed by atoms with Crippen molar-refractivity contribution >= 4 is 5.91 Å². The lowest BCUT2D eigenvalue weighted by Gasteiger charge is -2.37. The number of piperidine rings is 1. The van der Waals surface area contributed by atoms with Crippen LogP contribution in [0.1, 0.15) is 54.4 Å². The van der Waals surface area contributed by atoms with Crippen LogP contribution in [0.15, 0.2) is 0 Å². The van der Waals surface area contributed by atoms with Crippen molar-refractivity contribution in [3.05, 3.63) is 0 Å². The average molecular weight is 268 g/mol. The van der Waals surface area contributed by atoms with Gasteiger partial charge in [0.25, 0.3) is 0 Å². The van der Waals surface area contributed by atoms with Crippen LogP contribution in [0.2, 0.25) is 0 Å². The molecule has 1 fully saturated rings. The number of carbonyl (C=O) groups is 1. The van der Waals surface area contributed by atoms with Gasteiger partial charge in [-0.05, 0) is 43.2 Å². The van der Waals surface area contributed by atoms with Crippen LogP contribution in [-0.4, -0.2) is 25.5 Å². The Morgan fingerprint density at radius 1 is 1.32 bits per heavy atom. The minimum Gasteiger partial charge on any atom is -0.355 e. The minimum absolute atomic E-state index is 0.149. The summed E-state index contributed by atoms with van der Waals surface area (Å²) in [4.78, 5) is 12.5. The second-order valence-electron chi connectivity index (χ2n) is 7.59. The maximum absolute atomic E-state index is 12.5. The van der Waals surface area contributed by atoms with Crippen LogP contribution in [0.4, 0.5) is 0 Å². The fraction of sp³-hybridized carbons (Fsp3) is 0.938. The van der Waals surface area contributed by atoms with Gasteiger partial charge < -0.3 is 10.6 Å². The van der Waals surface area contributed by atoms with Crippen LogP contribution in [0, 0.1) is 22.7 Å². The van der Waals surface area contributed by atoms with Gasteiger partial charge in [-0.1, -0.05) is 41.5 Å². The molecular weight excluding hydrogens is 236 g/mol. The van der Waals surface area contributed by atoms with Gasteiger partial charge in [0.1, 0.15) is 0 Å². The predicted octanol–water partition coefficient (Wildman–Crippen LogP) is 2.81. The Bertz CT molecular complexity index is 302. The van der Waals surface area contributed by atoms with Gasteiger partial charge in [0.05, 0.1) is 0 Å². The second kappa shape index (κ2) is 6.25. The third-order valence-electron chi connectivity index (χ3n) is 5.17. The van der Waals surface area contributed by atoms with Crippen molar-refractivity contribution in [3.8, 4) is 0 Å². The van der Waals surface area contributed by atoms with Gasteiger partial charge in [0.15, 0.2) is 0 Å². The first kappa shape index (κ1) is 16.5. The van der Waals surface area contributed by atoms with E-state index in [4.69, 9.17) is 0 Å². The van der Waals surface area contributed by atoms with E-state index in [1.54, 1.807) is 0 Å². The lowest BCUT2D eigenvalue weighted by Crippen LogP contribution is -2.49. The maximum atomic E-state index is 12.5. The molecule has 1 amide bonds. The van der Waals surface area contributed by atoms with Gasteiger partial charge >= 0.3 is 0 Å². The molecule has 1 aliphatic heterocycles. The molecule has 1 atom stereocenters. The molecule has 1 rings (SSSR count). The summed E-state index contributed by atoms with van der Waals surface area (Å²) in [5.74, 6) is 1.21. The van der Waals surface area contributed by atoms with Crippen LogP contribution >= 0.6 is 0 Å². The van der Waals surface area contributed by atoms with Gasteiger partial charge in [-0.15, -0.1) is 0 Å². The smallest absolute Gasteiger partial charge is 0.226 e. The van der Waals surface area contributed by atoms with E-state index < -0.39 is 0 Å². The molecule has 3 nitrogen and oxygen atoms in total. The molecule has 2 N–H and O–H groups in total. The first-order chi connectivity index (χ1) is 8.68. The summed E-state index contributed by atoms with van der Waals surface area (Å²) in [6.07, 6.45) is 2.33. The third kappa shape index (κ3) is 4.20. The summed E-state index contributed by atoms with van der Waals surface area (Å²) < 4.78 is 0. The molecule has 1 unspecified atom stereocenters. The topological polar surface area (TPSA) is 41.1 Å². The SMILES string of the molecule is CC(C)C(C)(C)CNC(=O)C(C)(C)C1CCCNC1. The fourth-order valence-corrected chi connectivity index (χ4v) is 2.39. The molecule has 0 aliphatic carbocycles. The molecule has 0 radical (unpaired) electrons. The van der Waals surface area contributed by atoms with E-state index in [1.807, 2.05) is 0 Å². The highest BCUT2D eigenvalue weighted by Crippen LogP contribution is 2.32. The second-order valence-corrected chi connectivity index (χ2v) is 7.59. The van der Waals surface area contributed by atoms with Crippen molar-refractivity contribution in [3.63, 3.8) is 0 Å². The lowest BCUT2D eigenvalue weighted by atomic mass is 9.74. The summed E-state index contributed by atoms with van der Waals surface area (Å²) in [6.45, 7) is 15.8. The standard InChI is InChI=1S/C16H32N2O/c1-12(2)15(3,4)11-18-14(19)16(5,6)13-8-7-9-17-10-13/h12-13,17H,7-11H2,1-6H3,(H,18,19). The molecule has 19 heavy (non-hydrogen) atoms. The number of nitrogens with one attached hydrogen (secondary N) is 2. The van der Waals surface area contributed by atoms with Crippen molar-refractivity contribution in [2.75, 3.05) is 19.6 Å². The highest BCUT2D eigenvalue weighted by Gasteiger charge is 2.37. The normalized spacial score (nSPS) is 21.5. The molecule has 0 bridgehead atoms. The molecule has 0 aromatic rings. The van der Waals surface area contributed by atoms with E-state index >= 15 is 0 Å². The van der Waals surface area contributed by atoms with Gasteiger partial charge in [0.2, 0.25) is 5.91 Å². The van der Waals surface area contributed by atoms with Gasteiger partial charge in [-0.3, -0.25) is 4.79 Å². The summed E-state index contributed by atoms with van der Waals surface area (Å²) in [7, 11) is 0. The summed E-state index contributed by atoms with van der Waals surface area (Å²) in [5, 5.41) is 6.58. The van der Waals surface area contributed by atoms with Crippen LogP contribution in [0.5, 0.6) is 0 Å². The van der Waals surface area contributed by atoms with Gasteiger partial charge in [0, 0.05) is 12.0 Å².